The van der Waals surface area contributed by atoms with Crippen LogP contribution >= 0.6 is 0 Å². The Hall–Kier alpha value is -2.74. The standard InChI is InChI=1S/C12H11N3O5/c1-2-3-6-13-8-7-11(18)15(12(8)19)20-14-9(16)4-5-10(14)17/h2-6,8,13H,1,7H2/b6-3+. The minimum Gasteiger partial charge on any atom is -0.379 e. The highest BCUT2D eigenvalue weighted by Crippen LogP contribution is 2.16. The molecule has 1 unspecified atom stereocenters. The van der Waals surface area contributed by atoms with Gasteiger partial charge in [-0.25, -0.2) is 0 Å². The minimum atomic E-state index is -0.806. The van der Waals surface area contributed by atoms with E-state index in [1.165, 1.54) is 12.3 Å². The number of carbonyl (C=O) groups excluding carboxylic acids is 4. The Kier molecular flexibility index (Phi) is 3.76. The van der Waals surface area contributed by atoms with Crippen molar-refractivity contribution in [3.8, 4) is 0 Å². The van der Waals surface area contributed by atoms with Crippen molar-refractivity contribution in [2.24, 2.45) is 0 Å². The second-order valence-corrected chi connectivity index (χ2v) is 3.93. The van der Waals surface area contributed by atoms with Crippen LogP contribution in [0.3, 0.4) is 0 Å². The minimum absolute atomic E-state index is 0.135. The molecule has 104 valence electrons. The molecule has 0 aromatic rings. The van der Waals surface area contributed by atoms with Gasteiger partial charge in [-0.1, -0.05) is 12.7 Å². The lowest BCUT2D eigenvalue weighted by molar-refractivity contribution is -0.268. The van der Waals surface area contributed by atoms with Gasteiger partial charge in [0.15, 0.2) is 0 Å². The van der Waals surface area contributed by atoms with Crippen molar-refractivity contribution in [1.29, 1.82) is 0 Å². The van der Waals surface area contributed by atoms with Crippen LogP contribution in [0.2, 0.25) is 0 Å². The summed E-state index contributed by atoms with van der Waals surface area (Å²) in [5.41, 5.74) is 0. The van der Waals surface area contributed by atoms with Gasteiger partial charge < -0.3 is 5.32 Å². The predicted molar refractivity (Wildman–Crippen MR) is 64.8 cm³/mol. The number of hydrogen-bond donors (Lipinski definition) is 1. The number of nitrogens with zero attached hydrogens (tertiary/aromatic N) is 2. The highest BCUT2D eigenvalue weighted by Gasteiger charge is 2.42. The second kappa shape index (κ2) is 5.49. The number of hydroxylamine groups is 4. The van der Waals surface area contributed by atoms with Gasteiger partial charge in [-0.05, 0) is 12.3 Å². The number of hydrogen-bond acceptors (Lipinski definition) is 6. The highest BCUT2D eigenvalue weighted by molar-refractivity contribution is 6.12. The summed E-state index contributed by atoms with van der Waals surface area (Å²) in [5.74, 6) is -2.83. The van der Waals surface area contributed by atoms with E-state index in [0.29, 0.717) is 10.1 Å². The lowest BCUT2D eigenvalue weighted by Crippen LogP contribution is -2.43. The molecular formula is C12H11N3O5. The maximum absolute atomic E-state index is 11.9. The molecule has 2 rings (SSSR count). The molecule has 0 saturated carbocycles. The van der Waals surface area contributed by atoms with Gasteiger partial charge in [0.05, 0.1) is 6.42 Å². The summed E-state index contributed by atoms with van der Waals surface area (Å²) in [6, 6.07) is -0.806. The van der Waals surface area contributed by atoms with E-state index in [-0.39, 0.29) is 6.42 Å². The van der Waals surface area contributed by atoms with E-state index >= 15 is 0 Å². The molecule has 0 aliphatic carbocycles. The van der Waals surface area contributed by atoms with E-state index in [1.54, 1.807) is 6.08 Å². The Morgan fingerprint density at radius 2 is 1.85 bits per heavy atom. The Morgan fingerprint density at radius 3 is 2.45 bits per heavy atom. The monoisotopic (exact) mass is 277 g/mol. The molecule has 8 heteroatoms. The largest absolute Gasteiger partial charge is 0.379 e. The van der Waals surface area contributed by atoms with Crippen LogP contribution in [0.1, 0.15) is 6.42 Å². The van der Waals surface area contributed by atoms with E-state index in [9.17, 15) is 19.2 Å². The first-order chi connectivity index (χ1) is 9.54. The fourth-order valence-corrected chi connectivity index (χ4v) is 1.61. The lowest BCUT2D eigenvalue weighted by Gasteiger charge is -2.19. The van der Waals surface area contributed by atoms with Gasteiger partial charge in [0, 0.05) is 12.2 Å². The predicted octanol–water partition coefficient (Wildman–Crippen LogP) is -0.825. The van der Waals surface area contributed by atoms with Gasteiger partial charge in [-0.2, -0.15) is 0 Å². The van der Waals surface area contributed by atoms with Crippen LogP contribution < -0.4 is 5.32 Å². The van der Waals surface area contributed by atoms with Crippen LogP contribution in [0.15, 0.2) is 37.1 Å². The lowest BCUT2D eigenvalue weighted by atomic mass is 10.2. The van der Waals surface area contributed by atoms with Crippen LogP contribution in [-0.2, 0) is 24.1 Å². The first-order valence-corrected chi connectivity index (χ1v) is 5.69. The summed E-state index contributed by atoms with van der Waals surface area (Å²) in [6.45, 7) is 3.46. The smallest absolute Gasteiger partial charge is 0.279 e. The second-order valence-electron chi connectivity index (χ2n) is 3.93. The molecule has 4 amide bonds. The van der Waals surface area contributed by atoms with Crippen molar-refractivity contribution in [2.45, 2.75) is 12.5 Å². The molecule has 2 aliphatic heterocycles. The number of amides is 4. The summed E-state index contributed by atoms with van der Waals surface area (Å²) in [4.78, 5) is 50.9. The van der Waals surface area contributed by atoms with E-state index < -0.39 is 29.7 Å². The third-order valence-electron chi connectivity index (χ3n) is 2.57. The number of carbonyl (C=O) groups is 4. The van der Waals surface area contributed by atoms with Gasteiger partial charge in [-0.3, -0.25) is 19.2 Å². The zero-order chi connectivity index (χ0) is 14.7. The maximum atomic E-state index is 11.9. The SMILES string of the molecule is C=C/C=C/NC1CC(=O)N(ON2C(=O)C=CC2=O)C1=O. The van der Waals surface area contributed by atoms with Gasteiger partial charge in [0.1, 0.15) is 6.04 Å². The van der Waals surface area contributed by atoms with E-state index in [4.69, 9.17) is 4.94 Å². The number of allylic oxidation sites excluding steroid dienone is 2. The molecule has 0 spiro atoms. The summed E-state index contributed by atoms with van der Waals surface area (Å²) >= 11 is 0. The molecule has 0 aromatic heterocycles. The molecule has 0 aromatic carbocycles. The summed E-state index contributed by atoms with van der Waals surface area (Å²) in [7, 11) is 0. The number of nitrogens with one attached hydrogen (secondary N) is 1. The van der Waals surface area contributed by atoms with Crippen molar-refractivity contribution in [2.75, 3.05) is 0 Å². The summed E-state index contributed by atoms with van der Waals surface area (Å²) in [5, 5.41) is 3.44. The van der Waals surface area contributed by atoms with Gasteiger partial charge in [-0.15, -0.1) is 15.1 Å². The van der Waals surface area contributed by atoms with Crippen LogP contribution in [0.25, 0.3) is 0 Å². The van der Waals surface area contributed by atoms with Crippen molar-refractivity contribution < 1.29 is 24.1 Å². The maximum Gasteiger partial charge on any atom is 0.279 e. The number of rotatable bonds is 5. The van der Waals surface area contributed by atoms with Gasteiger partial charge in [0.25, 0.3) is 23.6 Å². The Bertz CT molecular complexity index is 533. The first kappa shape index (κ1) is 13.7. The average Bonchev–Trinajstić information content (AvgIpc) is 2.86. The summed E-state index contributed by atoms with van der Waals surface area (Å²) in [6.07, 6.45) is 6.34. The van der Waals surface area contributed by atoms with Crippen LogP contribution in [0, 0.1) is 0 Å². The zero-order valence-corrected chi connectivity index (χ0v) is 10.3. The first-order valence-electron chi connectivity index (χ1n) is 5.69. The quantitative estimate of drug-likeness (QED) is 0.521. The third kappa shape index (κ3) is 2.50. The van der Waals surface area contributed by atoms with Gasteiger partial charge in [0.2, 0.25) is 0 Å². The molecule has 1 fully saturated rings. The molecule has 8 nitrogen and oxygen atoms in total. The zero-order valence-electron chi connectivity index (χ0n) is 10.3. The Morgan fingerprint density at radius 1 is 1.20 bits per heavy atom. The normalized spacial score (nSPS) is 22.5. The molecule has 1 atom stereocenters. The molecule has 2 heterocycles. The van der Waals surface area contributed by atoms with E-state index in [1.807, 2.05) is 0 Å². The Balaban J connectivity index is 2.02. The molecule has 2 aliphatic rings. The van der Waals surface area contributed by atoms with E-state index in [2.05, 4.69) is 11.9 Å². The van der Waals surface area contributed by atoms with Crippen molar-refractivity contribution in [3.63, 3.8) is 0 Å². The molecule has 1 N–H and O–H groups in total. The van der Waals surface area contributed by atoms with Crippen LogP contribution in [0.5, 0.6) is 0 Å². The molecule has 20 heavy (non-hydrogen) atoms. The fourth-order valence-electron chi connectivity index (χ4n) is 1.61. The molecule has 1 saturated heterocycles. The fraction of sp³-hybridized carbons (Fsp3) is 0.167. The average molecular weight is 277 g/mol. The van der Waals surface area contributed by atoms with Crippen molar-refractivity contribution in [3.05, 3.63) is 37.1 Å². The third-order valence-corrected chi connectivity index (χ3v) is 2.57. The summed E-state index contributed by atoms with van der Waals surface area (Å²) < 4.78 is 0. The number of imide groups is 2. The molecule has 0 bridgehead atoms. The highest BCUT2D eigenvalue weighted by atomic mass is 16.9. The van der Waals surface area contributed by atoms with Crippen molar-refractivity contribution in [1.82, 2.24) is 15.4 Å². The van der Waals surface area contributed by atoms with Crippen LogP contribution in [0.4, 0.5) is 0 Å². The van der Waals surface area contributed by atoms with Crippen molar-refractivity contribution >= 4 is 23.6 Å². The Labute approximate surface area is 113 Å². The van der Waals surface area contributed by atoms with Gasteiger partial charge >= 0.3 is 0 Å². The van der Waals surface area contributed by atoms with E-state index in [0.717, 1.165) is 12.2 Å². The topological polar surface area (TPSA) is 96.0 Å². The molecular weight excluding hydrogens is 266 g/mol. The van der Waals surface area contributed by atoms with Crippen LogP contribution in [-0.4, -0.2) is 39.8 Å². The molecule has 0 radical (unpaired) electrons.